The molecule has 3 amide bonds. The van der Waals surface area contributed by atoms with Gasteiger partial charge in [0.05, 0.1) is 12.5 Å². The molecule has 3 aromatic rings. The molecule has 2 heterocycles. The van der Waals surface area contributed by atoms with Gasteiger partial charge in [-0.05, 0) is 35.6 Å². The Kier molecular flexibility index (Phi) is 8.17. The van der Waals surface area contributed by atoms with Crippen LogP contribution in [0.4, 0.5) is 10.5 Å². The van der Waals surface area contributed by atoms with Crippen LogP contribution in [0.5, 0.6) is 0 Å². The molecule has 0 spiro atoms. The summed E-state index contributed by atoms with van der Waals surface area (Å²) in [6, 6.07) is 25.9. The minimum absolute atomic E-state index is 0. The highest BCUT2D eigenvalue weighted by Crippen LogP contribution is 2.48. The highest BCUT2D eigenvalue weighted by atomic mass is 32.1. The fourth-order valence-corrected chi connectivity index (χ4v) is 6.74. The average Bonchev–Trinajstić information content (AvgIpc) is 3.32. The molecule has 3 aromatic carbocycles. The first-order chi connectivity index (χ1) is 19.0. The molecular weight excluding hydrogens is 522 g/mol. The van der Waals surface area contributed by atoms with Crippen LogP contribution in [0.15, 0.2) is 84.9 Å². The normalized spacial score (nSPS) is 21.8. The fourth-order valence-electron chi connectivity index (χ4n) is 6.74. The second-order valence-corrected chi connectivity index (χ2v) is 10.8. The number of urea groups is 1. The van der Waals surface area contributed by atoms with Crippen LogP contribution in [-0.2, 0) is 9.59 Å². The van der Waals surface area contributed by atoms with E-state index in [-0.39, 0.29) is 51.1 Å². The number of rotatable bonds is 4. The van der Waals surface area contributed by atoms with Gasteiger partial charge in [-0.1, -0.05) is 91.7 Å². The van der Waals surface area contributed by atoms with Crippen molar-refractivity contribution in [3.05, 3.63) is 102 Å². The van der Waals surface area contributed by atoms with E-state index in [1.165, 1.54) is 10.5 Å². The van der Waals surface area contributed by atoms with E-state index < -0.39 is 17.9 Å². The molecule has 2 unspecified atom stereocenters. The molecule has 0 radical (unpaired) electrons. The molecule has 40 heavy (non-hydrogen) atoms. The van der Waals surface area contributed by atoms with Gasteiger partial charge in [0, 0.05) is 30.7 Å². The predicted octanol–water partition coefficient (Wildman–Crippen LogP) is 5.20. The molecule has 208 valence electrons. The van der Waals surface area contributed by atoms with E-state index in [4.69, 9.17) is 0 Å². The summed E-state index contributed by atoms with van der Waals surface area (Å²) in [4.78, 5) is 45.5. The topological polar surface area (TPSA) is 81.2 Å². The lowest BCUT2D eigenvalue weighted by atomic mass is 9.82. The lowest BCUT2D eigenvalue weighted by Crippen LogP contribution is -2.63. The number of carboxylic acids is 1. The van der Waals surface area contributed by atoms with Crippen molar-refractivity contribution < 1.29 is 19.5 Å². The maximum absolute atomic E-state index is 14.1. The largest absolute Gasteiger partial charge is 0.480 e. The molecule has 1 saturated heterocycles. The lowest BCUT2D eigenvalue weighted by Gasteiger charge is -2.43. The van der Waals surface area contributed by atoms with E-state index in [1.807, 2.05) is 83.8 Å². The van der Waals surface area contributed by atoms with E-state index >= 15 is 0 Å². The third-order valence-electron chi connectivity index (χ3n) is 8.60. The van der Waals surface area contributed by atoms with Crippen LogP contribution in [0.3, 0.4) is 0 Å². The van der Waals surface area contributed by atoms with Crippen LogP contribution >= 0.6 is 13.5 Å². The number of hydrogen-bond donors (Lipinski definition) is 1. The van der Waals surface area contributed by atoms with Gasteiger partial charge in [0.25, 0.3) is 0 Å². The second kappa shape index (κ2) is 11.8. The Morgan fingerprint density at radius 1 is 0.775 bits per heavy atom. The summed E-state index contributed by atoms with van der Waals surface area (Å²) in [5.74, 6) is -1.49. The molecule has 2 aliphatic heterocycles. The Balaban J connectivity index is 0.00000323. The summed E-state index contributed by atoms with van der Waals surface area (Å²) in [6.45, 7) is 0.418. The van der Waals surface area contributed by atoms with Crippen molar-refractivity contribution in [2.75, 3.05) is 24.5 Å². The third-order valence-corrected chi connectivity index (χ3v) is 8.60. The van der Waals surface area contributed by atoms with Gasteiger partial charge >= 0.3 is 12.0 Å². The summed E-state index contributed by atoms with van der Waals surface area (Å²) >= 11 is 0. The fraction of sp³-hybridized carbons (Fsp3) is 0.344. The molecule has 1 saturated carbocycles. The zero-order chi connectivity index (χ0) is 26.9. The van der Waals surface area contributed by atoms with Crippen molar-refractivity contribution in [1.29, 1.82) is 0 Å². The maximum atomic E-state index is 14.1. The highest BCUT2D eigenvalue weighted by molar-refractivity contribution is 7.59. The quantitative estimate of drug-likeness (QED) is 0.479. The monoisotopic (exact) mass is 557 g/mol. The van der Waals surface area contributed by atoms with Crippen LogP contribution in [0.2, 0.25) is 0 Å². The Morgan fingerprint density at radius 3 is 2.02 bits per heavy atom. The molecular formula is C32H35N3O4S. The van der Waals surface area contributed by atoms with Gasteiger partial charge in [0.1, 0.15) is 6.04 Å². The molecule has 0 bridgehead atoms. The number of anilines is 1. The van der Waals surface area contributed by atoms with E-state index in [1.54, 1.807) is 4.90 Å². The zero-order valence-electron chi connectivity index (χ0n) is 22.4. The first-order valence-corrected chi connectivity index (χ1v) is 13.8. The number of nitrogens with zero attached hydrogens (tertiary/aromatic N) is 3. The number of piperazine rings is 1. The lowest BCUT2D eigenvalue weighted by molar-refractivity contribution is -0.147. The Labute approximate surface area is 241 Å². The van der Waals surface area contributed by atoms with E-state index in [2.05, 4.69) is 6.07 Å². The molecule has 3 aliphatic rings. The van der Waals surface area contributed by atoms with Gasteiger partial charge in [-0.2, -0.15) is 13.5 Å². The zero-order valence-corrected chi connectivity index (χ0v) is 23.4. The van der Waals surface area contributed by atoms with Gasteiger partial charge in [0.15, 0.2) is 0 Å². The van der Waals surface area contributed by atoms with Crippen molar-refractivity contribution >= 4 is 37.1 Å². The summed E-state index contributed by atoms with van der Waals surface area (Å²) in [5, 5.41) is 10.2. The second-order valence-electron chi connectivity index (χ2n) is 10.8. The van der Waals surface area contributed by atoms with Crippen LogP contribution < -0.4 is 4.90 Å². The molecule has 8 heteroatoms. The van der Waals surface area contributed by atoms with Crippen molar-refractivity contribution in [3.63, 3.8) is 0 Å². The minimum Gasteiger partial charge on any atom is -0.480 e. The number of hydrogen-bond acceptors (Lipinski definition) is 3. The van der Waals surface area contributed by atoms with Crippen LogP contribution in [0.1, 0.15) is 54.2 Å². The van der Waals surface area contributed by atoms with Crippen molar-refractivity contribution in [1.82, 2.24) is 9.80 Å². The number of carbonyl (C=O) groups is 3. The van der Waals surface area contributed by atoms with Gasteiger partial charge in [0.2, 0.25) is 5.91 Å². The SMILES string of the molecule is O=C(O)[C@@H]1CN(C(=O)C(c2ccccc2)c2ccccc2)CCN1C(=O)N1c2ccccc2C2CCCCC21.S. The van der Waals surface area contributed by atoms with Gasteiger partial charge in [-0.3, -0.25) is 9.69 Å². The van der Waals surface area contributed by atoms with Crippen LogP contribution in [0, 0.1) is 0 Å². The molecule has 7 nitrogen and oxygen atoms in total. The summed E-state index contributed by atoms with van der Waals surface area (Å²) in [6.07, 6.45) is 4.15. The number of benzene rings is 3. The van der Waals surface area contributed by atoms with E-state index in [0.29, 0.717) is 5.92 Å². The number of carboxylic acid groups (broad SMARTS) is 1. The number of fused-ring (bicyclic) bond motifs is 3. The Morgan fingerprint density at radius 2 is 1.38 bits per heavy atom. The first kappa shape index (κ1) is 27.8. The summed E-state index contributed by atoms with van der Waals surface area (Å²) in [7, 11) is 0. The Hall–Kier alpha value is -3.78. The van der Waals surface area contributed by atoms with E-state index in [0.717, 1.165) is 42.5 Å². The van der Waals surface area contributed by atoms with Gasteiger partial charge in [-0.25, -0.2) is 9.59 Å². The molecule has 3 atom stereocenters. The number of carbonyl (C=O) groups excluding carboxylic acids is 2. The highest BCUT2D eigenvalue weighted by Gasteiger charge is 2.47. The Bertz CT molecular complexity index is 1330. The van der Waals surface area contributed by atoms with Gasteiger partial charge in [-0.15, -0.1) is 0 Å². The summed E-state index contributed by atoms with van der Waals surface area (Å²) < 4.78 is 0. The molecule has 6 rings (SSSR count). The van der Waals surface area contributed by atoms with Crippen molar-refractivity contribution in [2.24, 2.45) is 0 Å². The van der Waals surface area contributed by atoms with Crippen molar-refractivity contribution in [3.8, 4) is 0 Å². The standard InChI is InChI=1S/C32H33N3O4.H2S/c36-30(29(22-11-3-1-4-12-22)23-13-5-2-6-14-23)33-19-20-34(28(21-33)31(37)38)32(39)35-26-17-9-7-15-24(26)25-16-8-10-18-27(25)35;/h1-7,9,11-15,17,25,27-29H,8,10,16,18-21H2,(H,37,38);1H2/t25?,27?,28-;/m0./s1. The van der Waals surface area contributed by atoms with E-state index in [9.17, 15) is 19.5 Å². The smallest absolute Gasteiger partial charge is 0.328 e. The number of amides is 3. The first-order valence-electron chi connectivity index (χ1n) is 13.8. The number of para-hydroxylation sites is 1. The summed E-state index contributed by atoms with van der Waals surface area (Å²) in [5.41, 5.74) is 3.80. The van der Waals surface area contributed by atoms with Crippen LogP contribution in [-0.4, -0.2) is 64.5 Å². The third kappa shape index (κ3) is 4.96. The average molecular weight is 558 g/mol. The molecule has 1 N–H and O–H groups in total. The molecule has 0 aromatic heterocycles. The minimum atomic E-state index is -1.11. The number of aliphatic carboxylic acids is 1. The molecule has 1 aliphatic carbocycles. The van der Waals surface area contributed by atoms with Crippen LogP contribution in [0.25, 0.3) is 0 Å². The maximum Gasteiger partial charge on any atom is 0.328 e. The van der Waals surface area contributed by atoms with Crippen molar-refractivity contribution in [2.45, 2.75) is 49.6 Å². The molecule has 2 fully saturated rings. The van der Waals surface area contributed by atoms with Gasteiger partial charge < -0.3 is 14.9 Å². The predicted molar refractivity (Wildman–Crippen MR) is 159 cm³/mol.